The second-order valence-corrected chi connectivity index (χ2v) is 6.62. The van der Waals surface area contributed by atoms with Gasteiger partial charge >= 0.3 is 0 Å². The molecule has 1 saturated carbocycles. The molecule has 3 rings (SSSR count). The highest BCUT2D eigenvalue weighted by Gasteiger charge is 2.26. The molecule has 0 saturated heterocycles. The van der Waals surface area contributed by atoms with Crippen LogP contribution in [0, 0.1) is 6.92 Å². The molecule has 21 heavy (non-hydrogen) atoms. The largest absolute Gasteiger partial charge is 0.310 e. The Labute approximate surface area is 121 Å². The number of aryl methyl sites for hydroxylation is 1. The highest BCUT2D eigenvalue weighted by molar-refractivity contribution is 7.89. The van der Waals surface area contributed by atoms with Crippen molar-refractivity contribution in [3.8, 4) is 0 Å². The van der Waals surface area contributed by atoms with Gasteiger partial charge in [-0.05, 0) is 19.8 Å². The normalized spacial score (nSPS) is 15.5. The van der Waals surface area contributed by atoms with Gasteiger partial charge in [0.05, 0.1) is 6.54 Å². The van der Waals surface area contributed by atoms with Gasteiger partial charge in [-0.15, -0.1) is 10.2 Å². The molecule has 0 bridgehead atoms. The van der Waals surface area contributed by atoms with Crippen molar-refractivity contribution in [2.75, 3.05) is 0 Å². The summed E-state index contributed by atoms with van der Waals surface area (Å²) in [6.45, 7) is 2.24. The molecule has 0 radical (unpaired) electrons. The zero-order chi connectivity index (χ0) is 14.9. The van der Waals surface area contributed by atoms with Crippen molar-refractivity contribution in [3.05, 3.63) is 17.1 Å². The van der Waals surface area contributed by atoms with Crippen molar-refractivity contribution >= 4 is 10.0 Å². The number of sulfonamides is 1. The van der Waals surface area contributed by atoms with E-state index in [0.29, 0.717) is 18.2 Å². The van der Waals surface area contributed by atoms with Crippen LogP contribution in [-0.2, 0) is 23.1 Å². The highest BCUT2D eigenvalue weighted by Crippen LogP contribution is 2.21. The number of nitrogens with one attached hydrogen (secondary N) is 4. The summed E-state index contributed by atoms with van der Waals surface area (Å²) in [7, 11) is -3.73. The van der Waals surface area contributed by atoms with Crippen LogP contribution in [0.1, 0.15) is 29.9 Å². The Balaban J connectivity index is 1.74. The molecule has 2 heterocycles. The first kappa shape index (κ1) is 14.1. The molecule has 0 unspecified atom stereocenters. The molecule has 2 aromatic heterocycles. The molecule has 114 valence electrons. The lowest BCUT2D eigenvalue weighted by Crippen LogP contribution is -2.26. The Morgan fingerprint density at radius 2 is 2.10 bits per heavy atom. The van der Waals surface area contributed by atoms with Gasteiger partial charge in [-0.25, -0.2) is 13.1 Å². The number of H-pyrrole nitrogens is 2. The van der Waals surface area contributed by atoms with E-state index in [-0.39, 0.29) is 17.4 Å². The summed E-state index contributed by atoms with van der Waals surface area (Å²) in [4.78, 5) is 0. The molecular weight excluding hydrogens is 296 g/mol. The zero-order valence-electron chi connectivity index (χ0n) is 11.4. The van der Waals surface area contributed by atoms with Crippen LogP contribution in [-0.4, -0.2) is 45.3 Å². The molecule has 1 aliphatic carbocycles. The number of aromatic nitrogens is 6. The second-order valence-electron chi connectivity index (χ2n) is 4.94. The molecule has 0 aromatic carbocycles. The predicted octanol–water partition coefficient (Wildman–Crippen LogP) is -1.04. The molecule has 10 nitrogen and oxygen atoms in total. The lowest BCUT2D eigenvalue weighted by molar-refractivity contribution is 0.571. The van der Waals surface area contributed by atoms with Gasteiger partial charge in [-0.3, -0.25) is 5.10 Å². The van der Waals surface area contributed by atoms with E-state index in [0.717, 1.165) is 18.5 Å². The molecule has 0 spiro atoms. The minimum Gasteiger partial charge on any atom is -0.310 e. The van der Waals surface area contributed by atoms with Gasteiger partial charge in [-0.2, -0.15) is 10.3 Å². The lowest BCUT2D eigenvalue weighted by atomic mass is 10.2. The van der Waals surface area contributed by atoms with Gasteiger partial charge in [0.1, 0.15) is 0 Å². The summed E-state index contributed by atoms with van der Waals surface area (Å²) in [6.07, 6.45) is 2.27. The Morgan fingerprint density at radius 3 is 2.76 bits per heavy atom. The number of rotatable bonds is 7. The van der Waals surface area contributed by atoms with Crippen molar-refractivity contribution in [2.45, 2.75) is 43.9 Å². The van der Waals surface area contributed by atoms with Crippen molar-refractivity contribution in [2.24, 2.45) is 0 Å². The predicted molar refractivity (Wildman–Crippen MR) is 71.4 cm³/mol. The van der Waals surface area contributed by atoms with Crippen LogP contribution in [0.4, 0.5) is 0 Å². The SMILES string of the molecule is Cc1[nH]nc(S(=O)(=O)NCc2nn[nH]n2)c1CNC1CC1. The van der Waals surface area contributed by atoms with Gasteiger partial charge in [0, 0.05) is 23.8 Å². The van der Waals surface area contributed by atoms with E-state index in [1.54, 1.807) is 6.92 Å². The Hall–Kier alpha value is -1.85. The standard InChI is InChI=1S/C10H16N8O2S/c1-6-8(4-11-7-2-3-7)10(16-13-6)21(19,20)12-5-9-14-17-18-15-9/h7,11-12H,2-5H2,1H3,(H,13,16)(H,14,15,17,18). The number of hydrogen-bond acceptors (Lipinski definition) is 7. The van der Waals surface area contributed by atoms with Crippen molar-refractivity contribution in [1.82, 2.24) is 40.9 Å². The topological polar surface area (TPSA) is 141 Å². The Kier molecular flexibility index (Phi) is 3.69. The Bertz CT molecular complexity index is 704. The van der Waals surface area contributed by atoms with Crippen LogP contribution in [0.25, 0.3) is 0 Å². The molecule has 1 aliphatic rings. The van der Waals surface area contributed by atoms with Gasteiger partial charge in [0.25, 0.3) is 10.0 Å². The van der Waals surface area contributed by atoms with Crippen LogP contribution in [0.2, 0.25) is 0 Å². The smallest absolute Gasteiger partial charge is 0.260 e. The minimum absolute atomic E-state index is 0.0108. The minimum atomic E-state index is -3.73. The van der Waals surface area contributed by atoms with Crippen molar-refractivity contribution in [1.29, 1.82) is 0 Å². The van der Waals surface area contributed by atoms with Gasteiger partial charge < -0.3 is 5.32 Å². The van der Waals surface area contributed by atoms with E-state index >= 15 is 0 Å². The zero-order valence-corrected chi connectivity index (χ0v) is 12.2. The summed E-state index contributed by atoms with van der Waals surface area (Å²) in [5.74, 6) is 0.267. The summed E-state index contributed by atoms with van der Waals surface area (Å²) in [6, 6.07) is 0.488. The number of tetrazole rings is 1. The van der Waals surface area contributed by atoms with E-state index < -0.39 is 10.0 Å². The summed E-state index contributed by atoms with van der Waals surface area (Å²) >= 11 is 0. The second kappa shape index (κ2) is 5.50. The maximum absolute atomic E-state index is 12.3. The molecular formula is C10H16N8O2S. The van der Waals surface area contributed by atoms with Crippen LogP contribution in [0.3, 0.4) is 0 Å². The van der Waals surface area contributed by atoms with Crippen LogP contribution in [0.5, 0.6) is 0 Å². The van der Waals surface area contributed by atoms with E-state index in [1.165, 1.54) is 0 Å². The molecule has 2 aromatic rings. The van der Waals surface area contributed by atoms with Gasteiger partial charge in [-0.1, -0.05) is 5.21 Å². The Morgan fingerprint density at radius 1 is 1.29 bits per heavy atom. The lowest BCUT2D eigenvalue weighted by Gasteiger charge is -2.06. The quantitative estimate of drug-likeness (QED) is 0.511. The maximum Gasteiger partial charge on any atom is 0.260 e. The molecule has 1 fully saturated rings. The van der Waals surface area contributed by atoms with Crippen LogP contribution < -0.4 is 10.0 Å². The van der Waals surface area contributed by atoms with E-state index in [9.17, 15) is 8.42 Å². The molecule has 4 N–H and O–H groups in total. The third kappa shape index (κ3) is 3.25. The molecule has 11 heteroatoms. The molecule has 0 amide bonds. The number of aromatic amines is 2. The monoisotopic (exact) mass is 312 g/mol. The average Bonchev–Trinajstić information content (AvgIpc) is 2.98. The fourth-order valence-corrected chi connectivity index (χ4v) is 3.05. The van der Waals surface area contributed by atoms with Crippen molar-refractivity contribution < 1.29 is 8.42 Å². The summed E-state index contributed by atoms with van der Waals surface area (Å²) in [5.41, 5.74) is 1.39. The number of hydrogen-bond donors (Lipinski definition) is 4. The van der Waals surface area contributed by atoms with Crippen LogP contribution >= 0.6 is 0 Å². The van der Waals surface area contributed by atoms with Crippen molar-refractivity contribution in [3.63, 3.8) is 0 Å². The summed E-state index contributed by atoms with van der Waals surface area (Å²) < 4.78 is 27.0. The fraction of sp³-hybridized carbons (Fsp3) is 0.600. The molecule has 0 aliphatic heterocycles. The average molecular weight is 312 g/mol. The third-order valence-electron chi connectivity index (χ3n) is 3.24. The first-order valence-corrected chi connectivity index (χ1v) is 8.04. The van der Waals surface area contributed by atoms with E-state index in [2.05, 4.69) is 40.9 Å². The van der Waals surface area contributed by atoms with Gasteiger partial charge in [0.15, 0.2) is 10.9 Å². The van der Waals surface area contributed by atoms with E-state index in [4.69, 9.17) is 0 Å². The summed E-state index contributed by atoms with van der Waals surface area (Å²) in [5, 5.41) is 23.0. The van der Waals surface area contributed by atoms with Crippen LogP contribution in [0.15, 0.2) is 5.03 Å². The van der Waals surface area contributed by atoms with Gasteiger partial charge in [0.2, 0.25) is 0 Å². The number of nitrogens with zero attached hydrogens (tertiary/aromatic N) is 4. The first-order chi connectivity index (χ1) is 10.1. The fourth-order valence-electron chi connectivity index (χ4n) is 1.88. The maximum atomic E-state index is 12.3. The van der Waals surface area contributed by atoms with E-state index in [1.807, 2.05) is 0 Å². The first-order valence-electron chi connectivity index (χ1n) is 6.55. The third-order valence-corrected chi connectivity index (χ3v) is 4.62. The molecule has 0 atom stereocenters. The highest BCUT2D eigenvalue weighted by atomic mass is 32.2.